The number of amides is 1. The Bertz CT molecular complexity index is 563. The van der Waals surface area contributed by atoms with Gasteiger partial charge in [0.25, 0.3) is 0 Å². The Hall–Kier alpha value is -2.13. The van der Waals surface area contributed by atoms with E-state index in [2.05, 4.69) is 41.7 Å². The molecule has 2 aromatic rings. The van der Waals surface area contributed by atoms with Crippen LogP contribution in [0.25, 0.3) is 11.1 Å². The van der Waals surface area contributed by atoms with E-state index in [1.54, 1.807) is 6.92 Å². The molecule has 0 aliphatic rings. The van der Waals surface area contributed by atoms with Gasteiger partial charge in [0.2, 0.25) is 5.91 Å². The van der Waals surface area contributed by atoms with Crippen LogP contribution in [-0.4, -0.2) is 11.9 Å². The molecular weight excluding hydrogens is 248 g/mol. The van der Waals surface area contributed by atoms with Crippen LogP contribution >= 0.6 is 0 Å². The summed E-state index contributed by atoms with van der Waals surface area (Å²) in [6.07, 6.45) is 0. The van der Waals surface area contributed by atoms with Crippen molar-refractivity contribution >= 4 is 5.91 Å². The SMILES string of the molecule is CC(NC(C)c1ccc(-c2ccccc2)cc1)C(N)=O. The summed E-state index contributed by atoms with van der Waals surface area (Å²) in [5, 5.41) is 3.18. The second-order valence-electron chi connectivity index (χ2n) is 5.00. The lowest BCUT2D eigenvalue weighted by Crippen LogP contribution is -2.39. The molecule has 0 aliphatic carbocycles. The molecule has 0 aliphatic heterocycles. The van der Waals surface area contributed by atoms with Crippen LogP contribution in [0.3, 0.4) is 0 Å². The van der Waals surface area contributed by atoms with Crippen LogP contribution in [0, 0.1) is 0 Å². The van der Waals surface area contributed by atoms with Crippen LogP contribution in [0.15, 0.2) is 54.6 Å². The molecular formula is C17H20N2O. The summed E-state index contributed by atoms with van der Waals surface area (Å²) in [6.45, 7) is 3.80. The molecule has 2 rings (SSSR count). The minimum atomic E-state index is -0.335. The molecule has 2 atom stereocenters. The molecule has 0 bridgehead atoms. The van der Waals surface area contributed by atoms with E-state index in [1.807, 2.05) is 25.1 Å². The number of carbonyl (C=O) groups is 1. The van der Waals surface area contributed by atoms with Gasteiger partial charge in [-0.1, -0.05) is 54.6 Å². The fraction of sp³-hybridized carbons (Fsp3) is 0.235. The standard InChI is InChI=1S/C17H20N2O/c1-12(19-13(2)17(18)20)14-8-10-16(11-9-14)15-6-4-3-5-7-15/h3-13,19H,1-2H3,(H2,18,20). The second-order valence-corrected chi connectivity index (χ2v) is 5.00. The summed E-state index contributed by atoms with van der Waals surface area (Å²) in [5.74, 6) is -0.335. The van der Waals surface area contributed by atoms with E-state index < -0.39 is 0 Å². The smallest absolute Gasteiger partial charge is 0.234 e. The minimum Gasteiger partial charge on any atom is -0.368 e. The summed E-state index contributed by atoms with van der Waals surface area (Å²) in [4.78, 5) is 11.1. The molecule has 3 heteroatoms. The zero-order chi connectivity index (χ0) is 14.5. The molecule has 0 heterocycles. The van der Waals surface area contributed by atoms with Crippen molar-refractivity contribution in [3.63, 3.8) is 0 Å². The number of primary amides is 1. The van der Waals surface area contributed by atoms with E-state index >= 15 is 0 Å². The van der Waals surface area contributed by atoms with Crippen molar-refractivity contribution in [3.05, 3.63) is 60.2 Å². The van der Waals surface area contributed by atoms with Crippen LogP contribution in [-0.2, 0) is 4.79 Å². The van der Waals surface area contributed by atoms with E-state index in [9.17, 15) is 4.79 Å². The maximum atomic E-state index is 11.1. The van der Waals surface area contributed by atoms with Gasteiger partial charge in [0.1, 0.15) is 0 Å². The summed E-state index contributed by atoms with van der Waals surface area (Å²) >= 11 is 0. The first-order valence-corrected chi connectivity index (χ1v) is 6.78. The van der Waals surface area contributed by atoms with Gasteiger partial charge in [-0.25, -0.2) is 0 Å². The van der Waals surface area contributed by atoms with Crippen molar-refractivity contribution in [2.45, 2.75) is 25.9 Å². The largest absolute Gasteiger partial charge is 0.368 e. The van der Waals surface area contributed by atoms with E-state index in [0.29, 0.717) is 0 Å². The number of rotatable bonds is 5. The van der Waals surface area contributed by atoms with E-state index in [-0.39, 0.29) is 18.0 Å². The lowest BCUT2D eigenvalue weighted by atomic mass is 10.0. The molecule has 0 radical (unpaired) electrons. The van der Waals surface area contributed by atoms with E-state index in [1.165, 1.54) is 11.1 Å². The lowest BCUT2D eigenvalue weighted by molar-refractivity contribution is -0.119. The number of nitrogens with two attached hydrogens (primary N) is 1. The van der Waals surface area contributed by atoms with E-state index in [0.717, 1.165) is 5.56 Å². The number of nitrogens with one attached hydrogen (secondary N) is 1. The number of hydrogen-bond donors (Lipinski definition) is 2. The van der Waals surface area contributed by atoms with Crippen molar-refractivity contribution in [1.82, 2.24) is 5.32 Å². The third-order valence-electron chi connectivity index (χ3n) is 3.44. The topological polar surface area (TPSA) is 55.1 Å². The van der Waals surface area contributed by atoms with Crippen LogP contribution in [0.1, 0.15) is 25.5 Å². The third kappa shape index (κ3) is 3.45. The van der Waals surface area contributed by atoms with Crippen molar-refractivity contribution in [2.24, 2.45) is 5.73 Å². The Morgan fingerprint density at radius 1 is 0.950 bits per heavy atom. The fourth-order valence-corrected chi connectivity index (χ4v) is 2.15. The van der Waals surface area contributed by atoms with Crippen molar-refractivity contribution < 1.29 is 4.79 Å². The van der Waals surface area contributed by atoms with Gasteiger partial charge in [0.15, 0.2) is 0 Å². The van der Waals surface area contributed by atoms with Gasteiger partial charge in [-0.15, -0.1) is 0 Å². The Balaban J connectivity index is 2.10. The molecule has 104 valence electrons. The molecule has 0 fully saturated rings. The Morgan fingerprint density at radius 2 is 1.50 bits per heavy atom. The predicted molar refractivity (Wildman–Crippen MR) is 82.1 cm³/mol. The number of hydrogen-bond acceptors (Lipinski definition) is 2. The highest BCUT2D eigenvalue weighted by molar-refractivity contribution is 5.79. The van der Waals surface area contributed by atoms with Gasteiger partial charge in [-0.05, 0) is 30.5 Å². The average molecular weight is 268 g/mol. The fourth-order valence-electron chi connectivity index (χ4n) is 2.15. The minimum absolute atomic E-state index is 0.0855. The van der Waals surface area contributed by atoms with E-state index in [4.69, 9.17) is 5.73 Å². The van der Waals surface area contributed by atoms with Crippen LogP contribution in [0.2, 0.25) is 0 Å². The molecule has 0 spiro atoms. The van der Waals surface area contributed by atoms with Crippen LogP contribution < -0.4 is 11.1 Å². The highest BCUT2D eigenvalue weighted by Crippen LogP contribution is 2.21. The molecule has 2 aromatic carbocycles. The molecule has 0 aromatic heterocycles. The van der Waals surface area contributed by atoms with Crippen molar-refractivity contribution in [1.29, 1.82) is 0 Å². The summed E-state index contributed by atoms with van der Waals surface area (Å²) < 4.78 is 0. The van der Waals surface area contributed by atoms with Gasteiger partial charge in [-0.2, -0.15) is 0 Å². The first-order chi connectivity index (χ1) is 9.58. The zero-order valence-electron chi connectivity index (χ0n) is 11.8. The molecule has 2 unspecified atom stereocenters. The quantitative estimate of drug-likeness (QED) is 0.876. The Labute approximate surface area is 119 Å². The van der Waals surface area contributed by atoms with Gasteiger partial charge in [0.05, 0.1) is 6.04 Å². The van der Waals surface area contributed by atoms with Gasteiger partial charge in [-0.3, -0.25) is 10.1 Å². The molecule has 3 N–H and O–H groups in total. The van der Waals surface area contributed by atoms with Gasteiger partial charge >= 0.3 is 0 Å². The predicted octanol–water partition coefficient (Wildman–Crippen LogP) is 2.88. The van der Waals surface area contributed by atoms with Crippen LogP contribution in [0.4, 0.5) is 0 Å². The molecule has 1 amide bonds. The lowest BCUT2D eigenvalue weighted by Gasteiger charge is -2.18. The summed E-state index contributed by atoms with van der Waals surface area (Å²) in [6, 6.07) is 18.3. The first kappa shape index (κ1) is 14.3. The molecule has 0 saturated carbocycles. The maximum absolute atomic E-state index is 11.1. The second kappa shape index (κ2) is 6.35. The average Bonchev–Trinajstić information content (AvgIpc) is 2.48. The monoisotopic (exact) mass is 268 g/mol. The van der Waals surface area contributed by atoms with Crippen LogP contribution in [0.5, 0.6) is 0 Å². The summed E-state index contributed by atoms with van der Waals surface area (Å²) in [5.41, 5.74) is 8.78. The Kier molecular flexibility index (Phi) is 4.53. The molecule has 0 saturated heterocycles. The Morgan fingerprint density at radius 3 is 2.05 bits per heavy atom. The third-order valence-corrected chi connectivity index (χ3v) is 3.44. The van der Waals surface area contributed by atoms with Crippen molar-refractivity contribution in [3.8, 4) is 11.1 Å². The first-order valence-electron chi connectivity index (χ1n) is 6.78. The van der Waals surface area contributed by atoms with Crippen molar-refractivity contribution in [2.75, 3.05) is 0 Å². The van der Waals surface area contributed by atoms with Gasteiger partial charge in [0, 0.05) is 6.04 Å². The zero-order valence-corrected chi connectivity index (χ0v) is 11.8. The summed E-state index contributed by atoms with van der Waals surface area (Å²) in [7, 11) is 0. The van der Waals surface area contributed by atoms with Gasteiger partial charge < -0.3 is 5.73 Å². The highest BCUT2D eigenvalue weighted by Gasteiger charge is 2.13. The normalized spacial score (nSPS) is 13.7. The highest BCUT2D eigenvalue weighted by atomic mass is 16.1. The molecule has 20 heavy (non-hydrogen) atoms. The molecule has 3 nitrogen and oxygen atoms in total. The number of carbonyl (C=O) groups excluding carboxylic acids is 1. The number of benzene rings is 2. The maximum Gasteiger partial charge on any atom is 0.234 e.